The van der Waals surface area contributed by atoms with Crippen LogP contribution >= 0.6 is 7.44 Å². The molecule has 1 aliphatic rings. The number of hydrogen-bond acceptors (Lipinski definition) is 1. The molecule has 0 aromatic heterocycles. The molecule has 0 N–H and O–H groups in total. The molecule has 4 heteroatoms. The summed E-state index contributed by atoms with van der Waals surface area (Å²) in [6.07, 6.45) is 0. The van der Waals surface area contributed by atoms with Crippen LogP contribution in [0.4, 0.5) is 22.7 Å². The van der Waals surface area contributed by atoms with Crippen molar-refractivity contribution in [2.75, 3.05) is 9.34 Å². The van der Waals surface area contributed by atoms with Gasteiger partial charge in [0.05, 0.1) is 16.7 Å². The molecule has 0 unspecified atom stereocenters. The maximum atomic E-state index is 15.7. The van der Waals surface area contributed by atoms with Crippen molar-refractivity contribution < 1.29 is 4.57 Å². The monoisotopic (exact) mass is 534 g/mol. The first-order valence-electron chi connectivity index (χ1n) is 13.4. The Hall–Kier alpha value is -4.85. The molecule has 0 bridgehead atoms. The molecule has 0 radical (unpaired) electrons. The molecule has 6 aromatic rings. The number of nitrogens with zero attached hydrogens (tertiary/aromatic N) is 2. The minimum atomic E-state index is -3.38. The van der Waals surface area contributed by atoms with Crippen LogP contribution in [0.25, 0.3) is 22.3 Å². The Kier molecular flexibility index (Phi) is 6.07. The van der Waals surface area contributed by atoms with Crippen molar-refractivity contribution in [3.63, 3.8) is 0 Å². The number of fused-ring (bicyclic) bond motifs is 1. The van der Waals surface area contributed by atoms with E-state index >= 15 is 4.57 Å². The maximum Gasteiger partial charge on any atom is 0.301 e. The number of para-hydroxylation sites is 2. The van der Waals surface area contributed by atoms with Gasteiger partial charge in [-0.05, 0) is 70.8 Å². The Balaban J connectivity index is 1.38. The summed E-state index contributed by atoms with van der Waals surface area (Å²) in [6.45, 7) is 0. The van der Waals surface area contributed by atoms with Gasteiger partial charge in [-0.25, -0.2) is 0 Å². The van der Waals surface area contributed by atoms with Gasteiger partial charge in [-0.3, -0.25) is 13.9 Å². The minimum absolute atomic E-state index is 0.783. The SMILES string of the molecule is O=P1(c2ccccc2)N(c2ccc(-c3ccccc3)cc2)c2ccccc2N1c1ccc(-c2ccccc2)cc1. The second-order valence-corrected chi connectivity index (χ2v) is 12.2. The average Bonchev–Trinajstić information content (AvgIpc) is 3.31. The fraction of sp³-hybridized carbons (Fsp3) is 0. The van der Waals surface area contributed by atoms with E-state index in [2.05, 4.69) is 84.9 Å². The molecule has 6 aromatic carbocycles. The van der Waals surface area contributed by atoms with Gasteiger partial charge in [-0.1, -0.05) is 115 Å². The minimum Gasteiger partial charge on any atom is -0.270 e. The van der Waals surface area contributed by atoms with Gasteiger partial charge >= 0.3 is 7.44 Å². The lowest BCUT2D eigenvalue weighted by Gasteiger charge is -2.33. The summed E-state index contributed by atoms with van der Waals surface area (Å²) in [4.78, 5) is 0. The fourth-order valence-corrected chi connectivity index (χ4v) is 8.52. The van der Waals surface area contributed by atoms with Crippen LogP contribution in [0.1, 0.15) is 0 Å². The quantitative estimate of drug-likeness (QED) is 0.206. The second kappa shape index (κ2) is 10.0. The zero-order valence-corrected chi connectivity index (χ0v) is 22.7. The van der Waals surface area contributed by atoms with Crippen molar-refractivity contribution in [2.45, 2.75) is 0 Å². The number of rotatable bonds is 5. The van der Waals surface area contributed by atoms with E-state index in [1.165, 1.54) is 0 Å². The first-order valence-corrected chi connectivity index (χ1v) is 15.0. The molecule has 0 spiro atoms. The van der Waals surface area contributed by atoms with E-state index in [4.69, 9.17) is 0 Å². The molecule has 0 fully saturated rings. The Morgan fingerprint density at radius 3 is 1.07 bits per heavy atom. The van der Waals surface area contributed by atoms with Crippen molar-refractivity contribution in [3.8, 4) is 22.3 Å². The summed E-state index contributed by atoms with van der Waals surface area (Å²) >= 11 is 0. The molecule has 0 aliphatic carbocycles. The molecule has 3 nitrogen and oxygen atoms in total. The molecular formula is C36H27N2OP. The van der Waals surface area contributed by atoms with E-state index < -0.39 is 7.44 Å². The normalized spacial score (nSPS) is 13.7. The van der Waals surface area contributed by atoms with Gasteiger partial charge in [0.15, 0.2) is 0 Å². The van der Waals surface area contributed by atoms with Crippen LogP contribution < -0.4 is 14.6 Å². The molecule has 1 aliphatic heterocycles. The summed E-state index contributed by atoms with van der Waals surface area (Å²) in [5.41, 5.74) is 8.19. The Labute approximate surface area is 235 Å². The Morgan fingerprint density at radius 1 is 0.350 bits per heavy atom. The van der Waals surface area contributed by atoms with Crippen molar-refractivity contribution >= 4 is 35.5 Å². The summed E-state index contributed by atoms with van der Waals surface area (Å²) in [6, 6.07) is 55.4. The van der Waals surface area contributed by atoms with Crippen molar-refractivity contribution in [3.05, 3.63) is 164 Å². The smallest absolute Gasteiger partial charge is 0.270 e. The largest absolute Gasteiger partial charge is 0.301 e. The lowest BCUT2D eigenvalue weighted by molar-refractivity contribution is 0.582. The van der Waals surface area contributed by atoms with E-state index in [0.717, 1.165) is 50.3 Å². The van der Waals surface area contributed by atoms with Crippen molar-refractivity contribution in [1.29, 1.82) is 0 Å². The highest BCUT2D eigenvalue weighted by atomic mass is 31.2. The molecule has 1 heterocycles. The predicted octanol–water partition coefficient (Wildman–Crippen LogP) is 9.83. The van der Waals surface area contributed by atoms with Crippen LogP contribution in [0.2, 0.25) is 0 Å². The lowest BCUT2D eigenvalue weighted by atomic mass is 10.1. The zero-order valence-electron chi connectivity index (χ0n) is 21.8. The van der Waals surface area contributed by atoms with Crippen LogP contribution in [0.15, 0.2) is 164 Å². The first kappa shape index (κ1) is 24.2. The van der Waals surface area contributed by atoms with Gasteiger partial charge in [0.1, 0.15) is 0 Å². The molecule has 192 valence electrons. The van der Waals surface area contributed by atoms with Crippen LogP contribution in [0, 0.1) is 0 Å². The molecule has 0 amide bonds. The molecule has 40 heavy (non-hydrogen) atoms. The summed E-state index contributed by atoms with van der Waals surface area (Å²) in [7, 11) is -3.38. The maximum absolute atomic E-state index is 15.7. The standard InChI is InChI=1S/C36H27N2OP/c39-40(34-16-8-3-9-17-34)37(32-24-20-30(21-25-32)28-12-4-1-5-13-28)35-18-10-11-19-36(35)38(40)33-26-22-31(23-27-33)29-14-6-2-7-15-29/h1-27H. The summed E-state index contributed by atoms with van der Waals surface area (Å²) in [5, 5.41) is 0.783. The first-order chi connectivity index (χ1) is 19.7. The fourth-order valence-electron chi connectivity index (χ4n) is 5.50. The van der Waals surface area contributed by atoms with Gasteiger partial charge < -0.3 is 0 Å². The summed E-state index contributed by atoms with van der Waals surface area (Å²) in [5.74, 6) is 0. The van der Waals surface area contributed by atoms with Gasteiger partial charge in [-0.15, -0.1) is 0 Å². The van der Waals surface area contributed by atoms with Gasteiger partial charge in [0.25, 0.3) is 0 Å². The highest BCUT2D eigenvalue weighted by Gasteiger charge is 2.48. The number of hydrogen-bond donors (Lipinski definition) is 0. The average molecular weight is 535 g/mol. The zero-order chi connectivity index (χ0) is 26.9. The van der Waals surface area contributed by atoms with E-state index in [9.17, 15) is 0 Å². The third-order valence-electron chi connectivity index (χ3n) is 7.41. The highest BCUT2D eigenvalue weighted by Crippen LogP contribution is 2.69. The molecule has 0 saturated heterocycles. The molecule has 0 atom stereocenters. The van der Waals surface area contributed by atoms with E-state index in [0.29, 0.717) is 0 Å². The Morgan fingerprint density at radius 2 is 0.675 bits per heavy atom. The van der Waals surface area contributed by atoms with E-state index in [-0.39, 0.29) is 0 Å². The van der Waals surface area contributed by atoms with Crippen LogP contribution in [0.3, 0.4) is 0 Å². The molecule has 0 saturated carbocycles. The topological polar surface area (TPSA) is 23.6 Å². The third-order valence-corrected chi connectivity index (χ3v) is 10.4. The lowest BCUT2D eigenvalue weighted by Crippen LogP contribution is -2.26. The van der Waals surface area contributed by atoms with Crippen LogP contribution in [0.5, 0.6) is 0 Å². The van der Waals surface area contributed by atoms with Crippen molar-refractivity contribution in [1.82, 2.24) is 0 Å². The van der Waals surface area contributed by atoms with E-state index in [1.54, 1.807) is 0 Å². The number of anilines is 4. The summed E-state index contributed by atoms with van der Waals surface area (Å²) < 4.78 is 19.8. The van der Waals surface area contributed by atoms with Gasteiger partial charge in [0.2, 0.25) is 0 Å². The van der Waals surface area contributed by atoms with E-state index in [1.807, 2.05) is 88.2 Å². The predicted molar refractivity (Wildman–Crippen MR) is 168 cm³/mol. The third kappa shape index (κ3) is 4.04. The Bertz CT molecular complexity index is 1690. The van der Waals surface area contributed by atoms with Crippen LogP contribution in [-0.4, -0.2) is 0 Å². The highest BCUT2D eigenvalue weighted by molar-refractivity contribution is 7.76. The van der Waals surface area contributed by atoms with Gasteiger partial charge in [0, 0.05) is 11.4 Å². The molecule has 7 rings (SSSR count). The van der Waals surface area contributed by atoms with Crippen LogP contribution in [-0.2, 0) is 4.57 Å². The van der Waals surface area contributed by atoms with Gasteiger partial charge in [-0.2, -0.15) is 0 Å². The van der Waals surface area contributed by atoms with Crippen molar-refractivity contribution in [2.24, 2.45) is 0 Å². The molecular weight excluding hydrogens is 507 g/mol. The number of benzene rings is 6. The second-order valence-electron chi connectivity index (χ2n) is 9.82.